The predicted molar refractivity (Wildman–Crippen MR) is 78.0 cm³/mol. The summed E-state index contributed by atoms with van der Waals surface area (Å²) in [5.41, 5.74) is 7.27. The van der Waals surface area contributed by atoms with Crippen molar-refractivity contribution in [2.45, 2.75) is 50.7 Å². The summed E-state index contributed by atoms with van der Waals surface area (Å²) in [4.78, 5) is 25.1. The fourth-order valence-electron chi connectivity index (χ4n) is 3.69. The number of hydrogen-bond acceptors (Lipinski definition) is 4. The summed E-state index contributed by atoms with van der Waals surface area (Å²) in [6.45, 7) is 1.75. The minimum Gasteiger partial charge on any atom is -0.333 e. The standard InChI is InChI=1S/C15H19N3O3/c1-9-6-13(18(20)21)4-5-14(9)15(19)17-11-2-3-12(17)8-10(16)7-11/h4-6,10-12H,2-3,7-8,16H2,1H3. The van der Waals surface area contributed by atoms with E-state index in [1.165, 1.54) is 12.1 Å². The minimum atomic E-state index is -0.440. The molecular weight excluding hydrogens is 270 g/mol. The third-order valence-electron chi connectivity index (χ3n) is 4.66. The second kappa shape index (κ2) is 5.11. The van der Waals surface area contributed by atoms with Gasteiger partial charge in [-0.05, 0) is 44.2 Å². The molecule has 2 heterocycles. The largest absolute Gasteiger partial charge is 0.333 e. The lowest BCUT2D eigenvalue weighted by molar-refractivity contribution is -0.384. The van der Waals surface area contributed by atoms with Crippen LogP contribution in [0.3, 0.4) is 0 Å². The Bertz CT molecular complexity index is 588. The maximum absolute atomic E-state index is 12.8. The van der Waals surface area contributed by atoms with E-state index in [1.54, 1.807) is 13.0 Å². The molecule has 3 rings (SSSR count). The van der Waals surface area contributed by atoms with E-state index in [0.717, 1.165) is 25.7 Å². The molecule has 2 aliphatic heterocycles. The summed E-state index contributed by atoms with van der Waals surface area (Å²) >= 11 is 0. The zero-order chi connectivity index (χ0) is 15.1. The van der Waals surface area contributed by atoms with Crippen molar-refractivity contribution in [3.63, 3.8) is 0 Å². The molecule has 1 aromatic rings. The van der Waals surface area contributed by atoms with Crippen LogP contribution in [0.15, 0.2) is 18.2 Å². The summed E-state index contributed by atoms with van der Waals surface area (Å²) in [5.74, 6) is -0.0122. The van der Waals surface area contributed by atoms with E-state index in [-0.39, 0.29) is 29.7 Å². The highest BCUT2D eigenvalue weighted by Gasteiger charge is 2.42. The van der Waals surface area contributed by atoms with Gasteiger partial charge in [-0.15, -0.1) is 0 Å². The number of non-ortho nitro benzene ring substituents is 1. The van der Waals surface area contributed by atoms with E-state index in [9.17, 15) is 14.9 Å². The molecule has 0 radical (unpaired) electrons. The van der Waals surface area contributed by atoms with Gasteiger partial charge in [0.25, 0.3) is 11.6 Å². The lowest BCUT2D eigenvalue weighted by Gasteiger charge is -2.38. The molecule has 1 aromatic carbocycles. The van der Waals surface area contributed by atoms with Crippen LogP contribution in [0.1, 0.15) is 41.6 Å². The number of fused-ring (bicyclic) bond motifs is 2. The summed E-state index contributed by atoms with van der Waals surface area (Å²) in [6.07, 6.45) is 3.73. The van der Waals surface area contributed by atoms with Gasteiger partial charge < -0.3 is 10.6 Å². The molecule has 21 heavy (non-hydrogen) atoms. The Hall–Kier alpha value is -1.95. The van der Waals surface area contributed by atoms with Gasteiger partial charge in [-0.25, -0.2) is 0 Å². The van der Waals surface area contributed by atoms with E-state index in [2.05, 4.69) is 0 Å². The number of carbonyl (C=O) groups is 1. The average Bonchev–Trinajstić information content (AvgIpc) is 2.70. The number of nitro groups is 1. The number of hydrogen-bond donors (Lipinski definition) is 1. The molecule has 2 unspecified atom stereocenters. The molecule has 0 saturated carbocycles. The van der Waals surface area contributed by atoms with Gasteiger partial charge in [-0.3, -0.25) is 14.9 Å². The van der Waals surface area contributed by atoms with Gasteiger partial charge in [0.2, 0.25) is 0 Å². The Labute approximate surface area is 123 Å². The number of aryl methyl sites for hydroxylation is 1. The second-order valence-electron chi connectivity index (χ2n) is 6.09. The number of benzene rings is 1. The van der Waals surface area contributed by atoms with Crippen LogP contribution < -0.4 is 5.73 Å². The molecule has 2 N–H and O–H groups in total. The van der Waals surface area contributed by atoms with E-state index >= 15 is 0 Å². The third-order valence-corrected chi connectivity index (χ3v) is 4.66. The lowest BCUT2D eigenvalue weighted by Crippen LogP contribution is -2.50. The topological polar surface area (TPSA) is 89.5 Å². The Balaban J connectivity index is 1.88. The van der Waals surface area contributed by atoms with Crippen molar-refractivity contribution in [1.82, 2.24) is 4.90 Å². The average molecular weight is 289 g/mol. The molecular formula is C15H19N3O3. The zero-order valence-electron chi connectivity index (χ0n) is 12.0. The molecule has 1 amide bonds. The first-order valence-electron chi connectivity index (χ1n) is 7.30. The van der Waals surface area contributed by atoms with E-state index in [0.29, 0.717) is 11.1 Å². The SMILES string of the molecule is Cc1cc([N+](=O)[O-])ccc1C(=O)N1C2CCC1CC(N)C2. The highest BCUT2D eigenvalue weighted by atomic mass is 16.6. The summed E-state index contributed by atoms with van der Waals surface area (Å²) in [7, 11) is 0. The molecule has 0 aromatic heterocycles. The Morgan fingerprint density at radius 3 is 2.48 bits per heavy atom. The molecule has 0 spiro atoms. The Morgan fingerprint density at radius 1 is 1.33 bits per heavy atom. The van der Waals surface area contributed by atoms with Gasteiger partial charge in [0.15, 0.2) is 0 Å². The van der Waals surface area contributed by atoms with Crippen LogP contribution >= 0.6 is 0 Å². The van der Waals surface area contributed by atoms with Gasteiger partial charge in [0, 0.05) is 35.8 Å². The number of rotatable bonds is 2. The fourth-order valence-corrected chi connectivity index (χ4v) is 3.69. The number of piperidine rings is 1. The third kappa shape index (κ3) is 2.40. The van der Waals surface area contributed by atoms with Crippen LogP contribution in [-0.4, -0.2) is 33.9 Å². The van der Waals surface area contributed by atoms with Crippen molar-refractivity contribution in [1.29, 1.82) is 0 Å². The van der Waals surface area contributed by atoms with Crippen LogP contribution in [0.2, 0.25) is 0 Å². The number of nitrogens with zero attached hydrogens (tertiary/aromatic N) is 2. The first-order chi connectivity index (χ1) is 9.97. The molecule has 2 fully saturated rings. The summed E-state index contributed by atoms with van der Waals surface area (Å²) in [6, 6.07) is 5.07. The Morgan fingerprint density at radius 2 is 1.95 bits per heavy atom. The number of nitrogens with two attached hydrogens (primary N) is 1. The van der Waals surface area contributed by atoms with Crippen molar-refractivity contribution in [2.75, 3.05) is 0 Å². The molecule has 2 saturated heterocycles. The van der Waals surface area contributed by atoms with Crippen molar-refractivity contribution in [3.05, 3.63) is 39.4 Å². The van der Waals surface area contributed by atoms with Gasteiger partial charge in [-0.1, -0.05) is 0 Å². The zero-order valence-corrected chi connectivity index (χ0v) is 12.0. The molecule has 2 atom stereocenters. The monoisotopic (exact) mass is 289 g/mol. The normalized spacial score (nSPS) is 27.7. The van der Waals surface area contributed by atoms with Gasteiger partial charge in [-0.2, -0.15) is 0 Å². The number of carbonyl (C=O) groups excluding carboxylic acids is 1. The predicted octanol–water partition coefficient (Wildman–Crippen LogP) is 2.00. The second-order valence-corrected chi connectivity index (χ2v) is 6.09. The van der Waals surface area contributed by atoms with E-state index < -0.39 is 4.92 Å². The lowest BCUT2D eigenvalue weighted by atomic mass is 9.96. The maximum Gasteiger partial charge on any atom is 0.269 e. The van der Waals surface area contributed by atoms with Crippen LogP contribution in [0.4, 0.5) is 5.69 Å². The van der Waals surface area contributed by atoms with Crippen LogP contribution in [-0.2, 0) is 0 Å². The first kappa shape index (κ1) is 14.0. The van der Waals surface area contributed by atoms with Gasteiger partial charge in [0.1, 0.15) is 0 Å². The highest BCUT2D eigenvalue weighted by Crippen LogP contribution is 2.36. The van der Waals surface area contributed by atoms with Crippen molar-refractivity contribution < 1.29 is 9.72 Å². The molecule has 6 nitrogen and oxygen atoms in total. The molecule has 0 aliphatic carbocycles. The minimum absolute atomic E-state index is 0.0122. The molecule has 112 valence electrons. The Kier molecular flexibility index (Phi) is 3.41. The molecule has 6 heteroatoms. The van der Waals surface area contributed by atoms with Crippen molar-refractivity contribution in [2.24, 2.45) is 5.73 Å². The fraction of sp³-hybridized carbons (Fsp3) is 0.533. The molecule has 2 bridgehead atoms. The number of nitro benzene ring substituents is 1. The smallest absolute Gasteiger partial charge is 0.269 e. The van der Waals surface area contributed by atoms with Crippen LogP contribution in [0.25, 0.3) is 0 Å². The maximum atomic E-state index is 12.8. The van der Waals surface area contributed by atoms with Crippen LogP contribution in [0, 0.1) is 17.0 Å². The van der Waals surface area contributed by atoms with Gasteiger partial charge in [0.05, 0.1) is 4.92 Å². The first-order valence-corrected chi connectivity index (χ1v) is 7.30. The summed E-state index contributed by atoms with van der Waals surface area (Å²) < 4.78 is 0. The molecule has 2 aliphatic rings. The number of amides is 1. The van der Waals surface area contributed by atoms with Crippen molar-refractivity contribution in [3.8, 4) is 0 Å². The quantitative estimate of drug-likeness (QED) is 0.666. The van der Waals surface area contributed by atoms with E-state index in [4.69, 9.17) is 5.73 Å². The van der Waals surface area contributed by atoms with Crippen LogP contribution in [0.5, 0.6) is 0 Å². The van der Waals surface area contributed by atoms with E-state index in [1.807, 2.05) is 4.90 Å². The van der Waals surface area contributed by atoms with Crippen molar-refractivity contribution >= 4 is 11.6 Å². The van der Waals surface area contributed by atoms with Gasteiger partial charge >= 0.3 is 0 Å². The summed E-state index contributed by atoms with van der Waals surface area (Å²) in [5, 5.41) is 10.8. The highest BCUT2D eigenvalue weighted by molar-refractivity contribution is 5.96.